The number of amides is 1. The summed E-state index contributed by atoms with van der Waals surface area (Å²) in [5.41, 5.74) is 1.13. The number of methoxy groups -OCH3 is 1. The first-order valence-electron chi connectivity index (χ1n) is 6.77. The second-order valence-corrected chi connectivity index (χ2v) is 4.74. The van der Waals surface area contributed by atoms with Crippen LogP contribution in [0.1, 0.15) is 22.3 Å². The molecule has 0 aromatic heterocycles. The predicted octanol–water partition coefficient (Wildman–Crippen LogP) is 1.86. The summed E-state index contributed by atoms with van der Waals surface area (Å²) in [6.45, 7) is 0.723. The molecule has 0 bridgehead atoms. The Hall–Kier alpha value is -2.67. The van der Waals surface area contributed by atoms with Gasteiger partial charge < -0.3 is 15.4 Å². The highest BCUT2D eigenvalue weighted by molar-refractivity contribution is 5.99. The van der Waals surface area contributed by atoms with Gasteiger partial charge in [0.1, 0.15) is 5.56 Å². The molecule has 2 rings (SSSR count). The zero-order valence-corrected chi connectivity index (χ0v) is 12.2. The standard InChI is InChI=1S/C15H17N3O4/c1-22-10-11-5-6-13(14(8-11)18(20)21)15(19)17-12-4-2-3-7-16-9-12/h3-8,16H,2,9-10H2,1H3,(H,17,19). The molecule has 0 aliphatic carbocycles. The Labute approximate surface area is 127 Å². The van der Waals surface area contributed by atoms with Crippen LogP contribution in [-0.2, 0) is 11.3 Å². The van der Waals surface area contributed by atoms with Crippen LogP contribution in [0.5, 0.6) is 0 Å². The lowest BCUT2D eigenvalue weighted by Crippen LogP contribution is -2.28. The molecule has 116 valence electrons. The van der Waals surface area contributed by atoms with Crippen LogP contribution in [0.3, 0.4) is 0 Å². The topological polar surface area (TPSA) is 93.5 Å². The Kier molecular flexibility index (Phi) is 5.26. The van der Waals surface area contributed by atoms with E-state index in [1.165, 1.54) is 19.2 Å². The molecule has 1 aliphatic rings. The molecule has 0 saturated carbocycles. The van der Waals surface area contributed by atoms with Crippen LogP contribution in [0, 0.1) is 10.1 Å². The maximum absolute atomic E-state index is 12.3. The van der Waals surface area contributed by atoms with E-state index < -0.39 is 10.8 Å². The van der Waals surface area contributed by atoms with Gasteiger partial charge in [0.05, 0.1) is 18.1 Å². The highest BCUT2D eigenvalue weighted by Gasteiger charge is 2.21. The predicted molar refractivity (Wildman–Crippen MR) is 81.1 cm³/mol. The summed E-state index contributed by atoms with van der Waals surface area (Å²) < 4.78 is 4.95. The Morgan fingerprint density at radius 2 is 2.32 bits per heavy atom. The van der Waals surface area contributed by atoms with E-state index in [1.54, 1.807) is 12.3 Å². The van der Waals surface area contributed by atoms with Crippen LogP contribution in [0.25, 0.3) is 0 Å². The molecule has 22 heavy (non-hydrogen) atoms. The number of hydrogen-bond donors (Lipinski definition) is 2. The van der Waals surface area contributed by atoms with Crippen LogP contribution >= 0.6 is 0 Å². The molecular formula is C15H17N3O4. The largest absolute Gasteiger partial charge is 0.386 e. The molecule has 0 radical (unpaired) electrons. The third kappa shape index (κ3) is 3.92. The zero-order chi connectivity index (χ0) is 15.9. The maximum Gasteiger partial charge on any atom is 0.282 e. The molecule has 0 spiro atoms. The first kappa shape index (κ1) is 15.7. The highest BCUT2D eigenvalue weighted by Crippen LogP contribution is 2.21. The first-order chi connectivity index (χ1) is 10.6. The fourth-order valence-electron chi connectivity index (χ4n) is 2.09. The van der Waals surface area contributed by atoms with E-state index in [9.17, 15) is 14.9 Å². The van der Waals surface area contributed by atoms with Crippen molar-refractivity contribution in [2.75, 3.05) is 13.7 Å². The fourth-order valence-corrected chi connectivity index (χ4v) is 2.09. The second-order valence-electron chi connectivity index (χ2n) is 4.74. The number of nitrogens with zero attached hydrogens (tertiary/aromatic N) is 1. The summed E-state index contributed by atoms with van der Waals surface area (Å²) in [6, 6.07) is 4.46. The van der Waals surface area contributed by atoms with Gasteiger partial charge in [-0.25, -0.2) is 0 Å². The fraction of sp³-hybridized carbons (Fsp3) is 0.267. The second kappa shape index (κ2) is 7.37. The van der Waals surface area contributed by atoms with Crippen molar-refractivity contribution in [3.8, 4) is 0 Å². The average molecular weight is 303 g/mol. The SMILES string of the molecule is COCc1ccc(C(=O)NC2=CCC=CNC2)c([N+](=O)[O-])c1. The van der Waals surface area contributed by atoms with Gasteiger partial charge in [-0.05, 0) is 24.3 Å². The normalized spacial score (nSPS) is 13.8. The summed E-state index contributed by atoms with van der Waals surface area (Å²) >= 11 is 0. The van der Waals surface area contributed by atoms with Crippen molar-refractivity contribution in [3.63, 3.8) is 0 Å². The van der Waals surface area contributed by atoms with Crippen LogP contribution in [-0.4, -0.2) is 24.5 Å². The first-order valence-corrected chi connectivity index (χ1v) is 6.77. The lowest BCUT2D eigenvalue weighted by molar-refractivity contribution is -0.385. The molecule has 7 heteroatoms. The average Bonchev–Trinajstić information content (AvgIpc) is 2.76. The number of benzene rings is 1. The Bertz CT molecular complexity index is 638. The summed E-state index contributed by atoms with van der Waals surface area (Å²) in [4.78, 5) is 22.9. The number of nitrogens with one attached hydrogen (secondary N) is 2. The molecule has 0 atom stereocenters. The number of carbonyl (C=O) groups excluding carboxylic acids is 1. The van der Waals surface area contributed by atoms with E-state index in [0.717, 1.165) is 0 Å². The van der Waals surface area contributed by atoms with Gasteiger partial charge in [0.15, 0.2) is 0 Å². The molecule has 1 heterocycles. The van der Waals surface area contributed by atoms with E-state index in [1.807, 2.05) is 12.2 Å². The molecule has 1 aromatic carbocycles. The lowest BCUT2D eigenvalue weighted by atomic mass is 10.1. The van der Waals surface area contributed by atoms with Crippen LogP contribution in [0.15, 0.2) is 42.2 Å². The van der Waals surface area contributed by atoms with Crippen LogP contribution in [0.4, 0.5) is 5.69 Å². The van der Waals surface area contributed by atoms with Crippen molar-refractivity contribution in [1.29, 1.82) is 0 Å². The van der Waals surface area contributed by atoms with Gasteiger partial charge in [0.25, 0.3) is 11.6 Å². The van der Waals surface area contributed by atoms with Gasteiger partial charge in [-0.15, -0.1) is 0 Å². The molecule has 0 unspecified atom stereocenters. The number of allylic oxidation sites excluding steroid dienone is 2. The van der Waals surface area contributed by atoms with Gasteiger partial charge in [-0.3, -0.25) is 14.9 Å². The van der Waals surface area contributed by atoms with Crippen molar-refractivity contribution in [2.24, 2.45) is 0 Å². The van der Waals surface area contributed by atoms with Gasteiger partial charge in [-0.2, -0.15) is 0 Å². The monoisotopic (exact) mass is 303 g/mol. The summed E-state index contributed by atoms with van der Waals surface area (Å²) in [7, 11) is 1.51. The Morgan fingerprint density at radius 3 is 3.05 bits per heavy atom. The number of rotatable bonds is 5. The minimum absolute atomic E-state index is 0.0305. The van der Waals surface area contributed by atoms with Gasteiger partial charge in [0, 0.05) is 18.9 Å². The Morgan fingerprint density at radius 1 is 1.50 bits per heavy atom. The van der Waals surface area contributed by atoms with Gasteiger partial charge in [0.2, 0.25) is 0 Å². The Balaban J connectivity index is 2.21. The molecule has 1 aliphatic heterocycles. The van der Waals surface area contributed by atoms with Crippen LogP contribution in [0.2, 0.25) is 0 Å². The van der Waals surface area contributed by atoms with E-state index in [2.05, 4.69) is 10.6 Å². The molecule has 1 amide bonds. The summed E-state index contributed by atoms with van der Waals surface area (Å²) in [5, 5.41) is 16.9. The summed E-state index contributed by atoms with van der Waals surface area (Å²) in [6.07, 6.45) is 6.27. The van der Waals surface area contributed by atoms with Crippen molar-refractivity contribution >= 4 is 11.6 Å². The molecule has 2 N–H and O–H groups in total. The van der Waals surface area contributed by atoms with E-state index in [4.69, 9.17) is 4.74 Å². The molecule has 0 saturated heterocycles. The van der Waals surface area contributed by atoms with Crippen molar-refractivity contribution in [2.45, 2.75) is 13.0 Å². The number of ether oxygens (including phenoxy) is 1. The number of hydrogen-bond acceptors (Lipinski definition) is 5. The lowest BCUT2D eigenvalue weighted by Gasteiger charge is -2.10. The third-order valence-electron chi connectivity index (χ3n) is 3.12. The minimum atomic E-state index is -0.560. The number of nitro groups is 1. The van der Waals surface area contributed by atoms with E-state index in [0.29, 0.717) is 24.2 Å². The van der Waals surface area contributed by atoms with E-state index >= 15 is 0 Å². The quantitative estimate of drug-likeness (QED) is 0.639. The van der Waals surface area contributed by atoms with Crippen LogP contribution < -0.4 is 10.6 Å². The van der Waals surface area contributed by atoms with Crippen molar-refractivity contribution < 1.29 is 14.5 Å². The highest BCUT2D eigenvalue weighted by atomic mass is 16.6. The van der Waals surface area contributed by atoms with Gasteiger partial charge in [-0.1, -0.05) is 18.2 Å². The molecule has 1 aromatic rings. The van der Waals surface area contributed by atoms with Crippen molar-refractivity contribution in [1.82, 2.24) is 10.6 Å². The van der Waals surface area contributed by atoms with Crippen molar-refractivity contribution in [3.05, 3.63) is 63.5 Å². The zero-order valence-electron chi connectivity index (χ0n) is 12.2. The van der Waals surface area contributed by atoms with Gasteiger partial charge >= 0.3 is 0 Å². The van der Waals surface area contributed by atoms with E-state index in [-0.39, 0.29) is 17.9 Å². The maximum atomic E-state index is 12.3. The molecular weight excluding hydrogens is 286 g/mol. The number of carbonyl (C=O) groups is 1. The number of nitro benzene ring substituents is 1. The minimum Gasteiger partial charge on any atom is -0.386 e. The smallest absolute Gasteiger partial charge is 0.282 e. The molecule has 0 fully saturated rings. The molecule has 7 nitrogen and oxygen atoms in total. The summed E-state index contributed by atoms with van der Waals surface area (Å²) in [5.74, 6) is -0.495. The third-order valence-corrected chi connectivity index (χ3v) is 3.12.